The number of carbonyl (C=O) groups is 1. The number of amides is 1. The van der Waals surface area contributed by atoms with Gasteiger partial charge in [0.2, 0.25) is 15.9 Å². The van der Waals surface area contributed by atoms with E-state index < -0.39 is 10.0 Å². The summed E-state index contributed by atoms with van der Waals surface area (Å²) in [5.74, 6) is -0.346. The molecule has 0 aliphatic carbocycles. The van der Waals surface area contributed by atoms with E-state index in [0.717, 1.165) is 19.4 Å². The quantitative estimate of drug-likeness (QED) is 0.692. The number of hydrogen-bond donors (Lipinski definition) is 1. The number of hydrogen-bond acceptors (Lipinski definition) is 5. The van der Waals surface area contributed by atoms with Gasteiger partial charge in [-0.3, -0.25) is 9.48 Å². The number of carbonyl (C=O) groups excluding carboxylic acids is 1. The normalized spacial score (nSPS) is 19.3. The molecule has 1 aromatic rings. The van der Waals surface area contributed by atoms with Crippen LogP contribution in [0.1, 0.15) is 25.0 Å². The molecule has 0 aromatic carbocycles. The monoisotopic (exact) mass is 371 g/mol. The van der Waals surface area contributed by atoms with Crippen molar-refractivity contribution >= 4 is 15.9 Å². The minimum absolute atomic E-state index is 0.0541. The van der Waals surface area contributed by atoms with Crippen molar-refractivity contribution in [3.63, 3.8) is 0 Å². The van der Waals surface area contributed by atoms with Gasteiger partial charge in [-0.25, -0.2) is 8.42 Å². The lowest BCUT2D eigenvalue weighted by Crippen LogP contribution is -2.45. The molecule has 1 fully saturated rings. The van der Waals surface area contributed by atoms with Crippen LogP contribution in [0.15, 0.2) is 11.1 Å². The van der Waals surface area contributed by atoms with Gasteiger partial charge < -0.3 is 10.2 Å². The van der Waals surface area contributed by atoms with E-state index in [1.54, 1.807) is 18.7 Å². The van der Waals surface area contributed by atoms with Crippen LogP contribution in [-0.2, 0) is 21.9 Å². The van der Waals surface area contributed by atoms with E-state index in [1.807, 2.05) is 14.1 Å². The van der Waals surface area contributed by atoms with Crippen LogP contribution in [0.2, 0.25) is 0 Å². The predicted octanol–water partition coefficient (Wildman–Crippen LogP) is 0.197. The number of aromatic nitrogens is 2. The third kappa shape index (κ3) is 4.80. The molecule has 0 unspecified atom stereocenters. The van der Waals surface area contributed by atoms with Crippen molar-refractivity contribution in [2.45, 2.75) is 31.1 Å². The Hall–Kier alpha value is -1.45. The Bertz CT molecular complexity index is 699. The van der Waals surface area contributed by atoms with Crippen molar-refractivity contribution in [2.24, 2.45) is 13.0 Å². The molecule has 0 saturated carbocycles. The lowest BCUT2D eigenvalue weighted by Gasteiger charge is -2.31. The van der Waals surface area contributed by atoms with E-state index in [-0.39, 0.29) is 23.3 Å². The number of sulfonamides is 1. The van der Waals surface area contributed by atoms with E-state index in [0.29, 0.717) is 25.2 Å². The largest absolute Gasteiger partial charge is 0.356 e. The van der Waals surface area contributed by atoms with Gasteiger partial charge in [-0.1, -0.05) is 0 Å². The highest BCUT2D eigenvalue weighted by Crippen LogP contribution is 2.25. The first-order valence-corrected chi connectivity index (χ1v) is 10.1. The molecule has 142 valence electrons. The third-order valence-corrected chi connectivity index (χ3v) is 6.61. The molecule has 1 atom stereocenters. The average Bonchev–Trinajstić information content (AvgIpc) is 2.91. The van der Waals surface area contributed by atoms with E-state index >= 15 is 0 Å². The highest BCUT2D eigenvalue weighted by atomic mass is 32.2. The molecule has 1 aliphatic heterocycles. The summed E-state index contributed by atoms with van der Waals surface area (Å²) in [5, 5.41) is 6.95. The minimum Gasteiger partial charge on any atom is -0.356 e. The van der Waals surface area contributed by atoms with Gasteiger partial charge in [0.25, 0.3) is 0 Å². The van der Waals surface area contributed by atoms with Crippen molar-refractivity contribution < 1.29 is 13.2 Å². The zero-order chi connectivity index (χ0) is 18.6. The van der Waals surface area contributed by atoms with Crippen molar-refractivity contribution in [1.29, 1.82) is 0 Å². The van der Waals surface area contributed by atoms with Gasteiger partial charge in [0.05, 0.1) is 17.8 Å². The lowest BCUT2D eigenvalue weighted by atomic mass is 9.99. The summed E-state index contributed by atoms with van der Waals surface area (Å²) in [5.41, 5.74) is 0.607. The molecule has 0 bridgehead atoms. The zero-order valence-corrected chi connectivity index (χ0v) is 16.3. The summed E-state index contributed by atoms with van der Waals surface area (Å²) in [6, 6.07) is 0. The molecule has 1 amide bonds. The molecular weight excluding hydrogens is 342 g/mol. The summed E-state index contributed by atoms with van der Waals surface area (Å²) < 4.78 is 28.7. The van der Waals surface area contributed by atoms with E-state index in [2.05, 4.69) is 15.3 Å². The van der Waals surface area contributed by atoms with Gasteiger partial charge in [0.1, 0.15) is 4.90 Å². The Labute approximate surface area is 150 Å². The molecule has 1 aromatic heterocycles. The first-order valence-electron chi connectivity index (χ1n) is 8.64. The highest BCUT2D eigenvalue weighted by Gasteiger charge is 2.34. The Morgan fingerprint density at radius 3 is 2.76 bits per heavy atom. The molecule has 0 radical (unpaired) electrons. The molecule has 1 aliphatic rings. The maximum Gasteiger partial charge on any atom is 0.246 e. The summed E-state index contributed by atoms with van der Waals surface area (Å²) in [6.45, 7) is 3.93. The van der Waals surface area contributed by atoms with Gasteiger partial charge in [-0.15, -0.1) is 0 Å². The molecule has 9 heteroatoms. The fourth-order valence-electron chi connectivity index (χ4n) is 3.00. The van der Waals surface area contributed by atoms with Gasteiger partial charge >= 0.3 is 0 Å². The van der Waals surface area contributed by atoms with Crippen LogP contribution in [0.25, 0.3) is 0 Å². The smallest absolute Gasteiger partial charge is 0.246 e. The van der Waals surface area contributed by atoms with Crippen LogP contribution in [0.5, 0.6) is 0 Å². The topological polar surface area (TPSA) is 87.5 Å². The van der Waals surface area contributed by atoms with E-state index in [9.17, 15) is 13.2 Å². The Balaban J connectivity index is 1.98. The predicted molar refractivity (Wildman–Crippen MR) is 95.6 cm³/mol. The Kier molecular flexibility index (Phi) is 6.59. The van der Waals surface area contributed by atoms with Crippen molar-refractivity contribution in [3.8, 4) is 0 Å². The molecule has 25 heavy (non-hydrogen) atoms. The van der Waals surface area contributed by atoms with E-state index in [1.165, 1.54) is 10.5 Å². The van der Waals surface area contributed by atoms with Crippen LogP contribution >= 0.6 is 0 Å². The fraction of sp³-hybridized carbons (Fsp3) is 0.750. The molecular formula is C16H29N5O3S. The maximum absolute atomic E-state index is 12.9. The average molecular weight is 372 g/mol. The second-order valence-electron chi connectivity index (χ2n) is 6.87. The van der Waals surface area contributed by atoms with Gasteiger partial charge in [0.15, 0.2) is 0 Å². The molecule has 0 spiro atoms. The van der Waals surface area contributed by atoms with Crippen molar-refractivity contribution in [2.75, 3.05) is 40.3 Å². The summed E-state index contributed by atoms with van der Waals surface area (Å²) >= 11 is 0. The zero-order valence-electron chi connectivity index (χ0n) is 15.5. The van der Waals surface area contributed by atoms with Crippen LogP contribution < -0.4 is 5.32 Å². The van der Waals surface area contributed by atoms with Gasteiger partial charge in [0, 0.05) is 26.7 Å². The first kappa shape index (κ1) is 19.9. The Morgan fingerprint density at radius 1 is 1.44 bits per heavy atom. The van der Waals surface area contributed by atoms with Crippen molar-refractivity contribution in [3.05, 3.63) is 11.9 Å². The number of nitrogens with zero attached hydrogens (tertiary/aromatic N) is 4. The lowest BCUT2D eigenvalue weighted by molar-refractivity contribution is -0.126. The molecule has 1 saturated heterocycles. The van der Waals surface area contributed by atoms with E-state index in [4.69, 9.17) is 0 Å². The molecule has 1 N–H and O–H groups in total. The third-order valence-electron chi connectivity index (χ3n) is 4.64. The minimum atomic E-state index is -3.61. The number of aryl methyl sites for hydroxylation is 1. The van der Waals surface area contributed by atoms with Crippen LogP contribution in [0.4, 0.5) is 0 Å². The van der Waals surface area contributed by atoms with Gasteiger partial charge in [-0.2, -0.15) is 9.40 Å². The molecule has 8 nitrogen and oxygen atoms in total. The van der Waals surface area contributed by atoms with Crippen molar-refractivity contribution in [1.82, 2.24) is 24.3 Å². The van der Waals surface area contributed by atoms with Gasteiger partial charge in [-0.05, 0) is 46.8 Å². The maximum atomic E-state index is 12.9. The highest BCUT2D eigenvalue weighted by molar-refractivity contribution is 7.89. The number of piperidine rings is 1. The summed E-state index contributed by atoms with van der Waals surface area (Å²) in [7, 11) is 2.09. The number of rotatable bonds is 7. The molecule has 2 rings (SSSR count). The van der Waals surface area contributed by atoms with Crippen LogP contribution in [-0.4, -0.2) is 73.6 Å². The second kappa shape index (κ2) is 8.29. The summed E-state index contributed by atoms with van der Waals surface area (Å²) in [4.78, 5) is 14.7. The number of nitrogens with one attached hydrogen (secondary N) is 1. The summed E-state index contributed by atoms with van der Waals surface area (Å²) in [6.07, 6.45) is 3.67. The SMILES string of the molecule is Cc1c(S(=O)(=O)N2CCC[C@H](C(=O)NCCCN(C)C)C2)cnn1C. The second-order valence-corrected chi connectivity index (χ2v) is 8.77. The Morgan fingerprint density at radius 2 is 2.16 bits per heavy atom. The molecule has 2 heterocycles. The fourth-order valence-corrected chi connectivity index (χ4v) is 4.71. The first-order chi connectivity index (χ1) is 11.7. The van der Waals surface area contributed by atoms with Crippen LogP contribution in [0.3, 0.4) is 0 Å². The van der Waals surface area contributed by atoms with Crippen LogP contribution in [0, 0.1) is 12.8 Å². The standard InChI is InChI=1S/C16H29N5O3S/c1-13-15(11-18-20(13)4)25(23,24)21-10-5-7-14(12-21)16(22)17-8-6-9-19(2)3/h11,14H,5-10,12H2,1-4H3,(H,17,22)/t14-/m0/s1.